The van der Waals surface area contributed by atoms with E-state index in [9.17, 15) is 21.6 Å². The van der Waals surface area contributed by atoms with Gasteiger partial charge < -0.3 is 5.32 Å². The molecule has 2 unspecified atom stereocenters. The van der Waals surface area contributed by atoms with Crippen molar-refractivity contribution in [2.75, 3.05) is 13.1 Å². The number of piperidine rings is 1. The van der Waals surface area contributed by atoms with Crippen molar-refractivity contribution in [1.29, 1.82) is 0 Å². The number of nitrogens with one attached hydrogen (secondary N) is 2. The van der Waals surface area contributed by atoms with Crippen molar-refractivity contribution in [1.82, 2.24) is 10.0 Å². The summed E-state index contributed by atoms with van der Waals surface area (Å²) >= 11 is 0. The molecule has 2 N–H and O–H groups in total. The maximum Gasteiger partial charge on any atom is 0.240 e. The Morgan fingerprint density at radius 2 is 1.84 bits per heavy atom. The van der Waals surface area contributed by atoms with Crippen LogP contribution in [0.3, 0.4) is 0 Å². The van der Waals surface area contributed by atoms with Crippen molar-refractivity contribution in [2.45, 2.75) is 23.3 Å². The summed E-state index contributed by atoms with van der Waals surface area (Å²) in [7, 11) is -3.94. The Morgan fingerprint density at radius 1 is 1.04 bits per heavy atom. The molecule has 1 aliphatic rings. The molecule has 25 heavy (non-hydrogen) atoms. The molecule has 2 atom stereocenters. The molecule has 4 nitrogen and oxygen atoms in total. The van der Waals surface area contributed by atoms with Crippen LogP contribution < -0.4 is 10.0 Å². The third-order valence-electron chi connectivity index (χ3n) is 4.27. The fourth-order valence-corrected chi connectivity index (χ4v) is 4.33. The minimum absolute atomic E-state index is 0.179. The minimum Gasteiger partial charge on any atom is -0.315 e. The van der Waals surface area contributed by atoms with Gasteiger partial charge in [-0.25, -0.2) is 26.3 Å². The van der Waals surface area contributed by atoms with Gasteiger partial charge in [-0.05, 0) is 48.9 Å². The van der Waals surface area contributed by atoms with Gasteiger partial charge in [0.25, 0.3) is 0 Å². The SMILES string of the molecule is O=S(=O)(NC1CNCCC1c1ccc(F)c(F)c1)c1cccc(F)c1. The first-order valence-electron chi connectivity index (χ1n) is 7.80. The van der Waals surface area contributed by atoms with Crippen LogP contribution in [0.2, 0.25) is 0 Å². The average molecular weight is 370 g/mol. The fraction of sp³-hybridized carbons (Fsp3) is 0.294. The quantitative estimate of drug-likeness (QED) is 0.870. The third kappa shape index (κ3) is 4.02. The summed E-state index contributed by atoms with van der Waals surface area (Å²) in [5, 5.41) is 3.08. The molecule has 8 heteroatoms. The molecule has 2 aromatic carbocycles. The van der Waals surface area contributed by atoms with Crippen molar-refractivity contribution in [3.8, 4) is 0 Å². The second kappa shape index (κ2) is 7.15. The molecule has 0 aliphatic carbocycles. The number of benzene rings is 2. The van der Waals surface area contributed by atoms with E-state index in [4.69, 9.17) is 0 Å². The minimum atomic E-state index is -3.94. The molecule has 0 amide bonds. The number of halogens is 3. The lowest BCUT2D eigenvalue weighted by Gasteiger charge is -2.33. The zero-order chi connectivity index (χ0) is 18.0. The Hall–Kier alpha value is -1.90. The lowest BCUT2D eigenvalue weighted by Crippen LogP contribution is -2.49. The van der Waals surface area contributed by atoms with E-state index >= 15 is 0 Å². The molecule has 134 valence electrons. The van der Waals surface area contributed by atoms with Crippen LogP contribution in [0.4, 0.5) is 13.2 Å². The summed E-state index contributed by atoms with van der Waals surface area (Å²) in [4.78, 5) is -0.179. The molecular weight excluding hydrogens is 353 g/mol. The molecule has 1 aliphatic heterocycles. The molecule has 1 saturated heterocycles. The molecule has 0 spiro atoms. The van der Waals surface area contributed by atoms with Gasteiger partial charge in [-0.1, -0.05) is 12.1 Å². The summed E-state index contributed by atoms with van der Waals surface area (Å²) in [5.74, 6) is -2.89. The Balaban J connectivity index is 1.87. The van der Waals surface area contributed by atoms with Crippen LogP contribution in [0.1, 0.15) is 17.9 Å². The van der Waals surface area contributed by atoms with Gasteiger partial charge in [-0.2, -0.15) is 0 Å². The number of sulfonamides is 1. The van der Waals surface area contributed by atoms with Gasteiger partial charge >= 0.3 is 0 Å². The molecule has 0 aromatic heterocycles. The van der Waals surface area contributed by atoms with Gasteiger partial charge in [0.2, 0.25) is 10.0 Å². The maximum absolute atomic E-state index is 13.5. The molecule has 1 heterocycles. The Morgan fingerprint density at radius 3 is 2.56 bits per heavy atom. The van der Waals surface area contributed by atoms with Crippen LogP contribution in [0.15, 0.2) is 47.4 Å². The molecule has 0 radical (unpaired) electrons. The Bertz CT molecular complexity index is 874. The van der Waals surface area contributed by atoms with E-state index in [1.54, 1.807) is 0 Å². The monoisotopic (exact) mass is 370 g/mol. The molecule has 1 fully saturated rings. The van der Waals surface area contributed by atoms with Crippen LogP contribution in [0.5, 0.6) is 0 Å². The third-order valence-corrected chi connectivity index (χ3v) is 5.75. The Labute approximate surface area is 144 Å². The number of rotatable bonds is 4. The van der Waals surface area contributed by atoms with Crippen LogP contribution >= 0.6 is 0 Å². The van der Waals surface area contributed by atoms with E-state index < -0.39 is 33.5 Å². The summed E-state index contributed by atoms with van der Waals surface area (Å²) in [6, 6.07) is 7.73. The highest BCUT2D eigenvalue weighted by molar-refractivity contribution is 7.89. The molecule has 0 saturated carbocycles. The summed E-state index contributed by atoms with van der Waals surface area (Å²) in [5.41, 5.74) is 0.521. The largest absolute Gasteiger partial charge is 0.315 e. The predicted molar refractivity (Wildman–Crippen MR) is 87.1 cm³/mol. The van der Waals surface area contributed by atoms with Gasteiger partial charge in [0.15, 0.2) is 11.6 Å². The summed E-state index contributed by atoms with van der Waals surface area (Å²) < 4.78 is 67.6. The lowest BCUT2D eigenvalue weighted by atomic mass is 9.86. The highest BCUT2D eigenvalue weighted by Gasteiger charge is 2.31. The van der Waals surface area contributed by atoms with Gasteiger partial charge in [0.05, 0.1) is 4.90 Å². The summed E-state index contributed by atoms with van der Waals surface area (Å²) in [6.45, 7) is 0.958. The highest BCUT2D eigenvalue weighted by Crippen LogP contribution is 2.28. The predicted octanol–water partition coefficient (Wildman–Crippen LogP) is 2.53. The fourth-order valence-electron chi connectivity index (χ4n) is 3.03. The smallest absolute Gasteiger partial charge is 0.240 e. The first-order chi connectivity index (χ1) is 11.9. The van der Waals surface area contributed by atoms with Gasteiger partial charge in [-0.15, -0.1) is 0 Å². The van der Waals surface area contributed by atoms with Crippen LogP contribution in [0.25, 0.3) is 0 Å². The van der Waals surface area contributed by atoms with Crippen molar-refractivity contribution in [3.05, 3.63) is 65.5 Å². The molecule has 2 aromatic rings. The van der Waals surface area contributed by atoms with Crippen molar-refractivity contribution < 1.29 is 21.6 Å². The van der Waals surface area contributed by atoms with Gasteiger partial charge in [-0.3, -0.25) is 0 Å². The van der Waals surface area contributed by atoms with Crippen LogP contribution in [-0.4, -0.2) is 27.5 Å². The zero-order valence-corrected chi connectivity index (χ0v) is 14.0. The second-order valence-corrected chi connectivity index (χ2v) is 7.67. The number of hydrogen-bond acceptors (Lipinski definition) is 3. The number of hydrogen-bond donors (Lipinski definition) is 2. The van der Waals surface area contributed by atoms with Crippen LogP contribution in [-0.2, 0) is 10.0 Å². The van der Waals surface area contributed by atoms with E-state index in [2.05, 4.69) is 10.0 Å². The van der Waals surface area contributed by atoms with E-state index in [1.165, 1.54) is 18.2 Å². The van der Waals surface area contributed by atoms with Crippen LogP contribution in [0, 0.1) is 17.5 Å². The molecular formula is C17H17F3N2O2S. The van der Waals surface area contributed by atoms with Crippen molar-refractivity contribution in [2.24, 2.45) is 0 Å². The topological polar surface area (TPSA) is 58.2 Å². The molecule has 3 rings (SSSR count). The Kier molecular flexibility index (Phi) is 5.12. The van der Waals surface area contributed by atoms with E-state index in [-0.39, 0.29) is 10.8 Å². The van der Waals surface area contributed by atoms with Gasteiger partial charge in [0.1, 0.15) is 5.82 Å². The average Bonchev–Trinajstić information content (AvgIpc) is 2.58. The van der Waals surface area contributed by atoms with Gasteiger partial charge in [0, 0.05) is 18.5 Å². The van der Waals surface area contributed by atoms with Crippen molar-refractivity contribution >= 4 is 10.0 Å². The van der Waals surface area contributed by atoms with E-state index in [0.717, 1.165) is 24.3 Å². The van der Waals surface area contributed by atoms with E-state index in [1.807, 2.05) is 0 Å². The normalized spacial score (nSPS) is 21.2. The first-order valence-corrected chi connectivity index (χ1v) is 9.29. The van der Waals surface area contributed by atoms with Crippen molar-refractivity contribution in [3.63, 3.8) is 0 Å². The molecule has 0 bridgehead atoms. The second-order valence-electron chi connectivity index (χ2n) is 5.96. The lowest BCUT2D eigenvalue weighted by molar-refractivity contribution is 0.376. The summed E-state index contributed by atoms with van der Waals surface area (Å²) in [6.07, 6.45) is 0.557. The van der Waals surface area contributed by atoms with E-state index in [0.29, 0.717) is 25.1 Å². The highest BCUT2D eigenvalue weighted by atomic mass is 32.2. The standard InChI is InChI=1S/C17H17F3N2O2S/c18-12-2-1-3-13(9-12)25(23,24)22-17-10-21-7-6-14(17)11-4-5-15(19)16(20)8-11/h1-5,8-9,14,17,21-22H,6-7,10H2. The maximum atomic E-state index is 13.5. The zero-order valence-electron chi connectivity index (χ0n) is 13.2. The first kappa shape index (κ1) is 17.9.